The van der Waals surface area contributed by atoms with E-state index in [1.807, 2.05) is 43.3 Å². The van der Waals surface area contributed by atoms with E-state index < -0.39 is 5.82 Å². The molecule has 0 aliphatic heterocycles. The molecule has 0 saturated carbocycles. The lowest BCUT2D eigenvalue weighted by Crippen LogP contribution is -2.20. The summed E-state index contributed by atoms with van der Waals surface area (Å²) in [5, 5.41) is 7.19. The second-order valence-electron chi connectivity index (χ2n) is 7.25. The molecule has 0 aliphatic rings. The van der Waals surface area contributed by atoms with Gasteiger partial charge in [-0.05, 0) is 55.0 Å². The molecule has 5 rings (SSSR count). The number of fused-ring (bicyclic) bond motifs is 1. The molecule has 0 unspecified atom stereocenters. The van der Waals surface area contributed by atoms with E-state index in [1.165, 1.54) is 12.1 Å². The number of benzene rings is 2. The maximum atomic E-state index is 13.5. The SMILES string of the molecule is Cc1cccc(-c2c(-c3ccc4nsnc4c3)cnn2CC(=O)Nc2cccc(F)c2)n1. The topological polar surface area (TPSA) is 85.6 Å². The second kappa shape index (κ2) is 8.27. The minimum Gasteiger partial charge on any atom is -0.324 e. The molecule has 2 aromatic carbocycles. The number of nitrogens with zero attached hydrogens (tertiary/aromatic N) is 5. The van der Waals surface area contributed by atoms with Crippen molar-refractivity contribution >= 4 is 34.4 Å². The van der Waals surface area contributed by atoms with Gasteiger partial charge in [0.25, 0.3) is 0 Å². The van der Waals surface area contributed by atoms with Crippen LogP contribution in [-0.4, -0.2) is 29.4 Å². The van der Waals surface area contributed by atoms with Gasteiger partial charge in [-0.3, -0.25) is 14.5 Å². The summed E-state index contributed by atoms with van der Waals surface area (Å²) in [4.78, 5) is 17.3. The number of carbonyl (C=O) groups is 1. The number of nitrogens with one attached hydrogen (secondary N) is 1. The maximum Gasteiger partial charge on any atom is 0.246 e. The number of pyridine rings is 1. The van der Waals surface area contributed by atoms with Gasteiger partial charge in [-0.2, -0.15) is 13.8 Å². The van der Waals surface area contributed by atoms with E-state index in [-0.39, 0.29) is 12.5 Å². The van der Waals surface area contributed by atoms with Crippen molar-refractivity contribution in [2.24, 2.45) is 0 Å². The largest absolute Gasteiger partial charge is 0.324 e. The van der Waals surface area contributed by atoms with Gasteiger partial charge in [-0.25, -0.2) is 4.39 Å². The van der Waals surface area contributed by atoms with Gasteiger partial charge < -0.3 is 5.32 Å². The highest BCUT2D eigenvalue weighted by atomic mass is 32.1. The molecule has 0 fully saturated rings. The van der Waals surface area contributed by atoms with Gasteiger partial charge in [0.15, 0.2) is 0 Å². The smallest absolute Gasteiger partial charge is 0.246 e. The first kappa shape index (κ1) is 20.0. The lowest BCUT2D eigenvalue weighted by molar-refractivity contribution is -0.116. The molecule has 3 heterocycles. The number of amides is 1. The highest BCUT2D eigenvalue weighted by Gasteiger charge is 2.19. The molecule has 0 atom stereocenters. The van der Waals surface area contributed by atoms with Crippen LogP contribution < -0.4 is 5.32 Å². The van der Waals surface area contributed by atoms with Crippen LogP contribution in [0.5, 0.6) is 0 Å². The summed E-state index contributed by atoms with van der Waals surface area (Å²) in [6, 6.07) is 17.3. The fraction of sp³-hybridized carbons (Fsp3) is 0.0870. The van der Waals surface area contributed by atoms with E-state index in [9.17, 15) is 9.18 Å². The molecule has 0 bridgehead atoms. The van der Waals surface area contributed by atoms with Crippen LogP contribution in [-0.2, 0) is 11.3 Å². The van der Waals surface area contributed by atoms with Crippen molar-refractivity contribution in [2.45, 2.75) is 13.5 Å². The average Bonchev–Trinajstić information content (AvgIpc) is 3.40. The van der Waals surface area contributed by atoms with E-state index in [0.717, 1.165) is 39.6 Å². The molecule has 0 radical (unpaired) electrons. The van der Waals surface area contributed by atoms with Crippen LogP contribution >= 0.6 is 11.7 Å². The van der Waals surface area contributed by atoms with E-state index in [0.29, 0.717) is 17.1 Å². The average molecular weight is 444 g/mol. The van der Waals surface area contributed by atoms with E-state index in [4.69, 9.17) is 0 Å². The summed E-state index contributed by atoms with van der Waals surface area (Å²) in [5.74, 6) is -0.737. The van der Waals surface area contributed by atoms with Crippen LogP contribution in [0.2, 0.25) is 0 Å². The molecule has 32 heavy (non-hydrogen) atoms. The standard InChI is InChI=1S/C23H17FN6OS/c1-14-4-2-7-20(26-14)23-18(15-8-9-19-21(10-15)29-32-28-19)12-25-30(23)13-22(31)27-17-6-3-5-16(24)11-17/h2-12H,13H2,1H3,(H,27,31). The van der Waals surface area contributed by atoms with Gasteiger partial charge in [0, 0.05) is 16.9 Å². The number of rotatable bonds is 5. The Hall–Kier alpha value is -3.98. The van der Waals surface area contributed by atoms with Crippen LogP contribution in [0.4, 0.5) is 10.1 Å². The first-order valence-corrected chi connectivity index (χ1v) is 10.6. The molecular formula is C23H17FN6OS. The number of anilines is 1. The summed E-state index contributed by atoms with van der Waals surface area (Å²) in [5.41, 5.74) is 6.02. The van der Waals surface area contributed by atoms with Crippen molar-refractivity contribution in [1.82, 2.24) is 23.5 Å². The van der Waals surface area contributed by atoms with Gasteiger partial charge in [0.1, 0.15) is 23.4 Å². The Labute approximate surface area is 186 Å². The molecule has 158 valence electrons. The van der Waals surface area contributed by atoms with Gasteiger partial charge in [-0.1, -0.05) is 18.2 Å². The van der Waals surface area contributed by atoms with Crippen molar-refractivity contribution in [1.29, 1.82) is 0 Å². The van der Waals surface area contributed by atoms with E-state index in [1.54, 1.807) is 23.0 Å². The molecule has 3 aromatic heterocycles. The summed E-state index contributed by atoms with van der Waals surface area (Å²) in [6.45, 7) is 1.86. The van der Waals surface area contributed by atoms with Crippen molar-refractivity contribution in [3.8, 4) is 22.5 Å². The van der Waals surface area contributed by atoms with Crippen LogP contribution in [0.1, 0.15) is 5.69 Å². The Bertz CT molecular complexity index is 1440. The molecule has 0 saturated heterocycles. The van der Waals surface area contributed by atoms with Crippen LogP contribution in [0.15, 0.2) is 66.9 Å². The number of hydrogen-bond acceptors (Lipinski definition) is 6. The quantitative estimate of drug-likeness (QED) is 0.425. The number of hydrogen-bond donors (Lipinski definition) is 1. The lowest BCUT2D eigenvalue weighted by Gasteiger charge is -2.11. The van der Waals surface area contributed by atoms with Gasteiger partial charge in [0.05, 0.1) is 29.3 Å². The highest BCUT2D eigenvalue weighted by molar-refractivity contribution is 7.00. The minimum atomic E-state index is -0.416. The Balaban J connectivity index is 1.54. The first-order valence-electron chi connectivity index (χ1n) is 9.85. The molecular weight excluding hydrogens is 427 g/mol. The zero-order valence-electron chi connectivity index (χ0n) is 17.0. The molecule has 9 heteroatoms. The zero-order valence-corrected chi connectivity index (χ0v) is 17.8. The molecule has 0 aliphatic carbocycles. The third-order valence-corrected chi connectivity index (χ3v) is 5.49. The van der Waals surface area contributed by atoms with E-state index in [2.05, 4.69) is 24.1 Å². The van der Waals surface area contributed by atoms with Crippen LogP contribution in [0.3, 0.4) is 0 Å². The van der Waals surface area contributed by atoms with Gasteiger partial charge in [0.2, 0.25) is 5.91 Å². The summed E-state index contributed by atoms with van der Waals surface area (Å²) in [7, 11) is 0. The molecule has 1 N–H and O–H groups in total. The predicted molar refractivity (Wildman–Crippen MR) is 122 cm³/mol. The van der Waals surface area contributed by atoms with Crippen molar-refractivity contribution < 1.29 is 9.18 Å². The third-order valence-electron chi connectivity index (χ3n) is 4.94. The monoisotopic (exact) mass is 444 g/mol. The summed E-state index contributed by atoms with van der Waals surface area (Å²) < 4.78 is 23.6. The number of halogens is 1. The fourth-order valence-corrected chi connectivity index (χ4v) is 4.03. The second-order valence-corrected chi connectivity index (χ2v) is 7.78. The van der Waals surface area contributed by atoms with Gasteiger partial charge in [-0.15, -0.1) is 0 Å². The number of carbonyl (C=O) groups excluding carboxylic acids is 1. The molecule has 5 aromatic rings. The molecule has 1 amide bonds. The summed E-state index contributed by atoms with van der Waals surface area (Å²) in [6.07, 6.45) is 1.72. The lowest BCUT2D eigenvalue weighted by atomic mass is 10.0. The van der Waals surface area contributed by atoms with Crippen molar-refractivity contribution in [3.63, 3.8) is 0 Å². The first-order chi connectivity index (χ1) is 15.6. The fourth-order valence-electron chi connectivity index (χ4n) is 3.51. The van der Waals surface area contributed by atoms with E-state index >= 15 is 0 Å². The normalized spacial score (nSPS) is 11.1. The third kappa shape index (κ3) is 3.97. The molecule has 7 nitrogen and oxygen atoms in total. The Morgan fingerprint density at radius 3 is 2.75 bits per heavy atom. The Morgan fingerprint density at radius 2 is 1.91 bits per heavy atom. The Kier molecular flexibility index (Phi) is 5.16. The maximum absolute atomic E-state index is 13.5. The highest BCUT2D eigenvalue weighted by Crippen LogP contribution is 2.32. The molecule has 0 spiro atoms. The number of aryl methyl sites for hydroxylation is 1. The number of aromatic nitrogens is 5. The van der Waals surface area contributed by atoms with Gasteiger partial charge >= 0.3 is 0 Å². The van der Waals surface area contributed by atoms with Crippen LogP contribution in [0, 0.1) is 12.7 Å². The van der Waals surface area contributed by atoms with Crippen LogP contribution in [0.25, 0.3) is 33.5 Å². The zero-order chi connectivity index (χ0) is 22.1. The van der Waals surface area contributed by atoms with Crippen molar-refractivity contribution in [2.75, 3.05) is 5.32 Å². The predicted octanol–water partition coefficient (Wildman–Crippen LogP) is 4.70. The Morgan fingerprint density at radius 1 is 1.06 bits per heavy atom. The summed E-state index contributed by atoms with van der Waals surface area (Å²) >= 11 is 1.16. The minimum absolute atomic E-state index is 0.0536. The van der Waals surface area contributed by atoms with Crippen molar-refractivity contribution in [3.05, 3.63) is 78.4 Å².